The molecule has 0 fully saturated rings. The number of rotatable bonds is 27. The van der Waals surface area contributed by atoms with Crippen molar-refractivity contribution >= 4 is 41.0 Å². The fourth-order valence-electron chi connectivity index (χ4n) is 5.70. The van der Waals surface area contributed by atoms with Gasteiger partial charge in [0.2, 0.25) is 5.91 Å². The molecule has 2 amide bonds. The fraction of sp³-hybridized carbons (Fsp3) is 0.629. The molecule has 0 aliphatic carbocycles. The number of amides is 2. The van der Waals surface area contributed by atoms with E-state index >= 15 is 0 Å². The van der Waals surface area contributed by atoms with E-state index in [1.807, 2.05) is 24.3 Å². The number of primary amides is 1. The molecule has 0 radical (unpaired) electrons. The molecule has 0 spiro atoms. The van der Waals surface area contributed by atoms with Crippen LogP contribution in [0.5, 0.6) is 0 Å². The van der Waals surface area contributed by atoms with Crippen LogP contribution in [-0.2, 0) is 17.6 Å². The van der Waals surface area contributed by atoms with Crippen molar-refractivity contribution in [2.24, 2.45) is 16.5 Å². The number of anilines is 2. The molecule has 2 rings (SSSR count). The summed E-state index contributed by atoms with van der Waals surface area (Å²) in [6.45, 7) is -1.95. The van der Waals surface area contributed by atoms with Crippen LogP contribution in [0.3, 0.4) is 0 Å². The number of hydrogen-bond donors (Lipinski definition) is 16. The molecule has 0 bridgehead atoms. The summed E-state index contributed by atoms with van der Waals surface area (Å²) >= 11 is 5.81. The average Bonchev–Trinajstić information content (AvgIpc) is 3.19. The van der Waals surface area contributed by atoms with Gasteiger partial charge in [-0.2, -0.15) is 0 Å². The summed E-state index contributed by atoms with van der Waals surface area (Å²) < 4.78 is 0. The Morgan fingerprint density at radius 3 is 1.78 bits per heavy atom. The molecule has 0 aliphatic heterocycles. The van der Waals surface area contributed by atoms with E-state index in [-0.39, 0.29) is 48.0 Å². The molecule has 0 saturated heterocycles. The predicted octanol–water partition coefficient (Wildman–Crippen LogP) is -5.70. The number of aliphatic imine (C=N–C) groups is 1. The highest BCUT2D eigenvalue weighted by Crippen LogP contribution is 2.17. The van der Waals surface area contributed by atoms with Gasteiger partial charge in [0.1, 0.15) is 36.6 Å². The van der Waals surface area contributed by atoms with E-state index in [2.05, 4.69) is 25.6 Å². The molecule has 2 aromatic rings. The highest BCUT2D eigenvalue weighted by molar-refractivity contribution is 6.31. The van der Waals surface area contributed by atoms with Crippen molar-refractivity contribution in [3.8, 4) is 0 Å². The number of nitrogen functional groups attached to an aromatic ring is 2. The molecule has 23 heteroatoms. The number of halogens is 1. The maximum absolute atomic E-state index is 12.4. The number of aliphatic hydroxyl groups excluding tert-OH is 10. The van der Waals surface area contributed by atoms with Crippen LogP contribution in [0, 0.1) is 0 Å². The van der Waals surface area contributed by atoms with Gasteiger partial charge in [-0.05, 0) is 62.7 Å². The van der Waals surface area contributed by atoms with Gasteiger partial charge in [-0.15, -0.1) is 0 Å². The second-order valence-electron chi connectivity index (χ2n) is 13.8. The molecule has 1 aromatic carbocycles. The average molecular weight is 847 g/mol. The number of hydrogen-bond acceptors (Lipinski definition) is 19. The molecule has 1 heterocycles. The highest BCUT2D eigenvalue weighted by Gasteiger charge is 2.34. The van der Waals surface area contributed by atoms with E-state index in [4.69, 9.17) is 44.7 Å². The van der Waals surface area contributed by atoms with Crippen LogP contribution in [0.15, 0.2) is 29.3 Å². The first-order valence-electron chi connectivity index (χ1n) is 18.6. The Morgan fingerprint density at radius 1 is 0.741 bits per heavy atom. The van der Waals surface area contributed by atoms with E-state index in [1.54, 1.807) is 0 Å². The van der Waals surface area contributed by atoms with E-state index in [1.165, 1.54) is 4.90 Å². The van der Waals surface area contributed by atoms with Crippen LogP contribution in [0.1, 0.15) is 47.3 Å². The Kier molecular flexibility index (Phi) is 22.2. The van der Waals surface area contributed by atoms with Gasteiger partial charge in [0.05, 0.1) is 31.5 Å². The van der Waals surface area contributed by atoms with Gasteiger partial charge >= 0.3 is 0 Å². The van der Waals surface area contributed by atoms with E-state index in [0.29, 0.717) is 25.8 Å². The maximum atomic E-state index is 12.4. The van der Waals surface area contributed by atoms with Crippen molar-refractivity contribution in [1.29, 1.82) is 0 Å². The van der Waals surface area contributed by atoms with Gasteiger partial charge < -0.3 is 79.3 Å². The van der Waals surface area contributed by atoms with E-state index in [9.17, 15) is 50.4 Å². The minimum atomic E-state index is -1.91. The fourth-order valence-corrected chi connectivity index (χ4v) is 5.83. The Labute approximate surface area is 340 Å². The van der Waals surface area contributed by atoms with Crippen molar-refractivity contribution in [3.63, 3.8) is 0 Å². The summed E-state index contributed by atoms with van der Waals surface area (Å²) in [5.41, 5.74) is 24.5. The molecule has 328 valence electrons. The van der Waals surface area contributed by atoms with Gasteiger partial charge in [-0.1, -0.05) is 35.9 Å². The third kappa shape index (κ3) is 16.8. The number of carbonyl (C=O) groups is 2. The summed E-state index contributed by atoms with van der Waals surface area (Å²) in [5, 5.41) is 104. The number of aliphatic hydroxyl groups is 10. The number of nitrogens with one attached hydrogen (secondary N) is 2. The van der Waals surface area contributed by atoms with Gasteiger partial charge in [0, 0.05) is 19.6 Å². The molecule has 1 aromatic heterocycles. The lowest BCUT2D eigenvalue weighted by Crippen LogP contribution is -2.53. The Balaban J connectivity index is 1.86. The standard InChI is InChI=1S/C35H59ClN10O12/c36-30-32(38)44-31(37)25(43-30)34(58)45-35(40)42-11-2-1-4-18-5-7-19(8-6-18)9-10-20(33(39)57)41-12-3-13-46(14-21(49)26(53)28(55)23(51)16-47)15-22(50)27(54)29(56)24(52)17-48/h5-8,20-24,26-29,41,47-56H,1-4,9-17H2,(H2,39,57)(H4,37,38,44)(H3,40,42,45,58)/t20-,21-,22-,23+,24?,26?,27+,28+,29+/m0/s1. The molecule has 20 N–H and O–H groups in total. The molecule has 22 nitrogen and oxygen atoms in total. The lowest BCUT2D eigenvalue weighted by Gasteiger charge is -2.33. The maximum Gasteiger partial charge on any atom is 0.280 e. The second kappa shape index (κ2) is 25.6. The molecule has 9 atom stereocenters. The number of aryl methyl sites for hydroxylation is 2. The summed E-state index contributed by atoms with van der Waals surface area (Å²) in [5.74, 6) is -1.75. The van der Waals surface area contributed by atoms with Crippen LogP contribution in [0.4, 0.5) is 11.6 Å². The largest absolute Gasteiger partial charge is 0.394 e. The lowest BCUT2D eigenvalue weighted by atomic mass is 10.0. The van der Waals surface area contributed by atoms with Gasteiger partial charge in [0.15, 0.2) is 28.4 Å². The summed E-state index contributed by atoms with van der Waals surface area (Å²) in [6, 6.07) is 7.12. The quantitative estimate of drug-likeness (QED) is 0.0226. The number of guanidine groups is 1. The normalized spacial score (nSPS) is 16.9. The van der Waals surface area contributed by atoms with E-state index < -0.39 is 93.0 Å². The van der Waals surface area contributed by atoms with Crippen molar-refractivity contribution in [2.45, 2.75) is 93.4 Å². The SMILES string of the molecule is NC(=O)[C@H](CCc1ccc(CCCCN=C(N)NC(=O)c2nc(Cl)c(N)nc2N)cc1)NCCCN(C[C@H](O)C(O)[C@H](O)[C@H](O)CO)C[C@H](O)[C@@H](O)[C@H](O)C(O)CO. The first-order chi connectivity index (χ1) is 27.4. The minimum Gasteiger partial charge on any atom is -0.394 e. The summed E-state index contributed by atoms with van der Waals surface area (Å²) in [4.78, 5) is 37.7. The van der Waals surface area contributed by atoms with Crippen LogP contribution >= 0.6 is 11.6 Å². The number of benzene rings is 1. The van der Waals surface area contributed by atoms with Crippen molar-refractivity contribution in [3.05, 3.63) is 46.2 Å². The van der Waals surface area contributed by atoms with Crippen molar-refractivity contribution < 1.29 is 60.7 Å². The highest BCUT2D eigenvalue weighted by atomic mass is 35.5. The monoisotopic (exact) mass is 846 g/mol. The predicted molar refractivity (Wildman–Crippen MR) is 212 cm³/mol. The molecular formula is C35H59ClN10O12. The van der Waals surface area contributed by atoms with Crippen LogP contribution < -0.4 is 33.6 Å². The zero-order valence-corrected chi connectivity index (χ0v) is 32.7. The zero-order valence-electron chi connectivity index (χ0n) is 32.0. The van der Waals surface area contributed by atoms with Gasteiger partial charge in [-0.3, -0.25) is 24.8 Å². The zero-order chi connectivity index (χ0) is 43.5. The third-order valence-electron chi connectivity index (χ3n) is 9.19. The summed E-state index contributed by atoms with van der Waals surface area (Å²) in [7, 11) is 0. The van der Waals surface area contributed by atoms with Crippen molar-refractivity contribution in [1.82, 2.24) is 25.5 Å². The Morgan fingerprint density at radius 2 is 1.26 bits per heavy atom. The Hall–Kier alpha value is -3.88. The first-order valence-corrected chi connectivity index (χ1v) is 19.0. The topological polar surface area (TPSA) is 406 Å². The molecule has 0 aliphatic rings. The smallest absolute Gasteiger partial charge is 0.280 e. The number of carbonyl (C=O) groups excluding carboxylic acids is 2. The van der Waals surface area contributed by atoms with Gasteiger partial charge in [0.25, 0.3) is 5.91 Å². The van der Waals surface area contributed by atoms with E-state index in [0.717, 1.165) is 24.0 Å². The van der Waals surface area contributed by atoms with Crippen LogP contribution in [0.2, 0.25) is 5.15 Å². The summed E-state index contributed by atoms with van der Waals surface area (Å²) in [6.07, 6.45) is -11.2. The number of nitrogens with zero attached hydrogens (tertiary/aromatic N) is 4. The number of aromatic nitrogens is 2. The number of nitrogens with two attached hydrogens (primary N) is 4. The van der Waals surface area contributed by atoms with Crippen LogP contribution in [-0.4, -0.2) is 185 Å². The van der Waals surface area contributed by atoms with Gasteiger partial charge in [-0.25, -0.2) is 9.97 Å². The first kappa shape index (κ1) is 50.3. The molecule has 58 heavy (non-hydrogen) atoms. The number of unbranched alkanes of at least 4 members (excludes halogenated alkanes) is 1. The molecule has 2 unspecified atom stereocenters. The minimum absolute atomic E-state index is 0.0759. The third-order valence-corrected chi connectivity index (χ3v) is 9.47. The van der Waals surface area contributed by atoms with Crippen LogP contribution in [0.25, 0.3) is 0 Å². The Bertz CT molecular complexity index is 1550. The lowest BCUT2D eigenvalue weighted by molar-refractivity contribution is -0.130. The van der Waals surface area contributed by atoms with Crippen molar-refractivity contribution in [2.75, 3.05) is 57.4 Å². The second-order valence-corrected chi connectivity index (χ2v) is 14.1. The molecular weight excluding hydrogens is 788 g/mol. The molecule has 0 saturated carbocycles.